The van der Waals surface area contributed by atoms with Crippen molar-refractivity contribution in [3.05, 3.63) is 76.1 Å². The van der Waals surface area contributed by atoms with Crippen LogP contribution < -0.4 is 16.2 Å². The van der Waals surface area contributed by atoms with Gasteiger partial charge >= 0.3 is 0 Å². The average molecular weight is 483 g/mol. The third-order valence-electron chi connectivity index (χ3n) is 5.51. The molecular formula is C24H30N6O3S. The molecule has 2 heterocycles. The Morgan fingerprint density at radius 3 is 2.65 bits per heavy atom. The Morgan fingerprint density at radius 1 is 1.21 bits per heavy atom. The first-order valence-electron chi connectivity index (χ1n) is 11.1. The van der Waals surface area contributed by atoms with Crippen molar-refractivity contribution in [3.8, 4) is 0 Å². The first kappa shape index (κ1) is 25.2. The zero-order chi connectivity index (χ0) is 24.5. The number of thioether (sulfide) groups is 1. The van der Waals surface area contributed by atoms with E-state index in [1.807, 2.05) is 51.2 Å². The molecule has 0 aliphatic carbocycles. The van der Waals surface area contributed by atoms with Gasteiger partial charge in [0.15, 0.2) is 11.6 Å². The maximum atomic E-state index is 13.0. The van der Waals surface area contributed by atoms with Crippen molar-refractivity contribution >= 4 is 29.3 Å². The van der Waals surface area contributed by atoms with Crippen molar-refractivity contribution in [1.82, 2.24) is 24.6 Å². The SMILES string of the molecule is CCC(C(=O)NCC(=O)CSCc1ccccc1)n1ccnc(NCc2cnn(C)c2C)c1=O. The molecule has 0 radical (unpaired) electrons. The van der Waals surface area contributed by atoms with E-state index < -0.39 is 11.6 Å². The number of aromatic nitrogens is 4. The van der Waals surface area contributed by atoms with Crippen LogP contribution in [0.5, 0.6) is 0 Å². The third-order valence-corrected chi connectivity index (χ3v) is 6.57. The van der Waals surface area contributed by atoms with Crippen molar-refractivity contribution in [1.29, 1.82) is 0 Å². The minimum atomic E-state index is -0.735. The molecule has 2 N–H and O–H groups in total. The van der Waals surface area contributed by atoms with Crippen LogP contribution in [0.2, 0.25) is 0 Å². The molecule has 1 aromatic carbocycles. The molecule has 0 spiro atoms. The monoisotopic (exact) mass is 482 g/mol. The third kappa shape index (κ3) is 6.57. The number of amides is 1. The number of benzene rings is 1. The molecule has 0 aliphatic rings. The van der Waals surface area contributed by atoms with Crippen LogP contribution in [-0.4, -0.2) is 43.3 Å². The van der Waals surface area contributed by atoms with E-state index in [1.54, 1.807) is 10.9 Å². The van der Waals surface area contributed by atoms with Gasteiger partial charge in [-0.3, -0.25) is 23.6 Å². The Labute approximate surface area is 203 Å². The Kier molecular flexibility index (Phi) is 9.03. The van der Waals surface area contributed by atoms with Gasteiger partial charge in [0.05, 0.1) is 18.5 Å². The Hall–Kier alpha value is -3.40. The predicted octanol–water partition coefficient (Wildman–Crippen LogP) is 2.47. The number of rotatable bonds is 12. The number of hydrogen-bond donors (Lipinski definition) is 2. The lowest BCUT2D eigenvalue weighted by Gasteiger charge is -2.18. The van der Waals surface area contributed by atoms with E-state index in [0.717, 1.165) is 22.6 Å². The van der Waals surface area contributed by atoms with Crippen LogP contribution in [0.4, 0.5) is 5.82 Å². The molecule has 0 bridgehead atoms. The van der Waals surface area contributed by atoms with Crippen molar-refractivity contribution in [2.75, 3.05) is 17.6 Å². The van der Waals surface area contributed by atoms with E-state index in [1.165, 1.54) is 28.7 Å². The molecule has 1 amide bonds. The fourth-order valence-electron chi connectivity index (χ4n) is 3.41. The normalized spacial score (nSPS) is 11.7. The van der Waals surface area contributed by atoms with Gasteiger partial charge in [-0.1, -0.05) is 37.3 Å². The number of carbonyl (C=O) groups excluding carboxylic acids is 2. The maximum Gasteiger partial charge on any atom is 0.294 e. The van der Waals surface area contributed by atoms with E-state index in [2.05, 4.69) is 20.7 Å². The summed E-state index contributed by atoms with van der Waals surface area (Å²) in [5, 5.41) is 9.92. The van der Waals surface area contributed by atoms with Gasteiger partial charge in [-0.25, -0.2) is 4.98 Å². The van der Waals surface area contributed by atoms with Crippen molar-refractivity contribution in [2.45, 2.75) is 38.6 Å². The van der Waals surface area contributed by atoms with E-state index in [0.29, 0.717) is 18.7 Å². The van der Waals surface area contributed by atoms with Crippen LogP contribution in [0.25, 0.3) is 0 Å². The number of carbonyl (C=O) groups is 2. The van der Waals surface area contributed by atoms with Crippen LogP contribution in [0.15, 0.2) is 53.7 Å². The van der Waals surface area contributed by atoms with Crippen LogP contribution in [0, 0.1) is 6.92 Å². The summed E-state index contributed by atoms with van der Waals surface area (Å²) in [4.78, 5) is 42.1. The molecule has 3 aromatic rings. The minimum Gasteiger partial charge on any atom is -0.361 e. The van der Waals surface area contributed by atoms with Crippen LogP contribution >= 0.6 is 11.8 Å². The van der Waals surface area contributed by atoms with Gasteiger partial charge in [0.25, 0.3) is 5.56 Å². The maximum absolute atomic E-state index is 13.0. The van der Waals surface area contributed by atoms with E-state index in [4.69, 9.17) is 0 Å². The molecule has 2 aromatic heterocycles. The molecule has 180 valence electrons. The number of nitrogens with zero attached hydrogens (tertiary/aromatic N) is 4. The number of Topliss-reactive ketones (excluding diaryl/α,β-unsaturated/α-hetero) is 1. The fraction of sp³-hybridized carbons (Fsp3) is 0.375. The molecule has 3 rings (SSSR count). The lowest BCUT2D eigenvalue weighted by atomic mass is 10.2. The van der Waals surface area contributed by atoms with Crippen LogP contribution in [0.3, 0.4) is 0 Å². The van der Waals surface area contributed by atoms with E-state index in [9.17, 15) is 14.4 Å². The summed E-state index contributed by atoms with van der Waals surface area (Å²) < 4.78 is 3.11. The summed E-state index contributed by atoms with van der Waals surface area (Å²) in [6.45, 7) is 4.09. The molecule has 0 fully saturated rings. The number of hydrogen-bond acceptors (Lipinski definition) is 7. The molecule has 10 heteroatoms. The number of anilines is 1. The Bertz CT molecular complexity index is 1170. The second-order valence-electron chi connectivity index (χ2n) is 7.88. The zero-order valence-corrected chi connectivity index (χ0v) is 20.5. The van der Waals surface area contributed by atoms with Gasteiger partial charge in [-0.15, -0.1) is 11.8 Å². The average Bonchev–Trinajstić information content (AvgIpc) is 3.16. The highest BCUT2D eigenvalue weighted by Gasteiger charge is 2.21. The van der Waals surface area contributed by atoms with Crippen LogP contribution in [0.1, 0.15) is 36.2 Å². The summed E-state index contributed by atoms with van der Waals surface area (Å²) >= 11 is 1.51. The number of nitrogens with one attached hydrogen (secondary N) is 2. The summed E-state index contributed by atoms with van der Waals surface area (Å²) in [5.41, 5.74) is 2.69. The molecule has 1 unspecified atom stereocenters. The molecule has 0 saturated heterocycles. The lowest BCUT2D eigenvalue weighted by Crippen LogP contribution is -2.40. The summed E-state index contributed by atoms with van der Waals surface area (Å²) in [7, 11) is 1.85. The van der Waals surface area contributed by atoms with Gasteiger partial charge in [0.1, 0.15) is 6.04 Å². The minimum absolute atomic E-state index is 0.0671. The zero-order valence-electron chi connectivity index (χ0n) is 19.7. The highest BCUT2D eigenvalue weighted by Crippen LogP contribution is 2.13. The van der Waals surface area contributed by atoms with Gasteiger partial charge in [0.2, 0.25) is 5.91 Å². The number of aryl methyl sites for hydroxylation is 1. The molecule has 0 aliphatic heterocycles. The molecule has 1 atom stereocenters. The highest BCUT2D eigenvalue weighted by atomic mass is 32.2. The fourth-order valence-corrected chi connectivity index (χ4v) is 4.27. The van der Waals surface area contributed by atoms with Crippen molar-refractivity contribution in [2.24, 2.45) is 7.05 Å². The Balaban J connectivity index is 1.55. The Morgan fingerprint density at radius 2 is 1.97 bits per heavy atom. The predicted molar refractivity (Wildman–Crippen MR) is 134 cm³/mol. The summed E-state index contributed by atoms with van der Waals surface area (Å²) in [6.07, 6.45) is 5.12. The molecule has 34 heavy (non-hydrogen) atoms. The molecule has 0 saturated carbocycles. The van der Waals surface area contributed by atoms with E-state index in [-0.39, 0.29) is 24.1 Å². The van der Waals surface area contributed by atoms with Gasteiger partial charge in [-0.05, 0) is 18.9 Å². The first-order valence-corrected chi connectivity index (χ1v) is 12.3. The second-order valence-corrected chi connectivity index (χ2v) is 8.87. The number of ketones is 1. The summed E-state index contributed by atoms with van der Waals surface area (Å²) in [6, 6.07) is 9.17. The smallest absolute Gasteiger partial charge is 0.294 e. The van der Waals surface area contributed by atoms with Gasteiger partial charge < -0.3 is 10.6 Å². The summed E-state index contributed by atoms with van der Waals surface area (Å²) in [5.74, 6) is 0.763. The highest BCUT2D eigenvalue weighted by molar-refractivity contribution is 7.99. The molecular weight excluding hydrogens is 452 g/mol. The van der Waals surface area contributed by atoms with Crippen molar-refractivity contribution < 1.29 is 9.59 Å². The largest absolute Gasteiger partial charge is 0.361 e. The van der Waals surface area contributed by atoms with Crippen molar-refractivity contribution in [3.63, 3.8) is 0 Å². The van der Waals surface area contributed by atoms with Crippen LogP contribution in [-0.2, 0) is 28.9 Å². The van der Waals surface area contributed by atoms with Gasteiger partial charge in [-0.2, -0.15) is 5.10 Å². The van der Waals surface area contributed by atoms with Gasteiger partial charge in [0, 0.05) is 43.0 Å². The standard InChI is InChI=1S/C24H30N6O3S/c1-4-21(23(32)27-14-20(31)16-34-15-18-8-6-5-7-9-18)30-11-10-25-22(24(30)33)26-12-19-13-28-29(3)17(19)2/h5-11,13,21H,4,12,14-16H2,1-3H3,(H,25,26)(H,27,32). The quantitative estimate of drug-likeness (QED) is 0.408. The first-order chi connectivity index (χ1) is 16.4. The lowest BCUT2D eigenvalue weighted by molar-refractivity contribution is -0.127. The topological polar surface area (TPSA) is 111 Å². The second kappa shape index (κ2) is 12.2. The molecule has 9 nitrogen and oxygen atoms in total. The van der Waals surface area contributed by atoms with E-state index >= 15 is 0 Å².